The molecule has 1 fully saturated rings. The van der Waals surface area contributed by atoms with Gasteiger partial charge in [0.2, 0.25) is 0 Å². The smallest absolute Gasteiger partial charge is 0.0459 e. The average molecular weight is 232 g/mol. The molecule has 1 saturated heterocycles. The second-order valence-corrected chi connectivity index (χ2v) is 6.20. The van der Waals surface area contributed by atoms with Gasteiger partial charge in [-0.25, -0.2) is 0 Å². The largest absolute Gasteiger partial charge is 0.317 e. The minimum Gasteiger partial charge on any atom is -0.317 e. The quantitative estimate of drug-likeness (QED) is 0.848. The zero-order valence-corrected chi connectivity index (χ0v) is 11.3. The van der Waals surface area contributed by atoms with Gasteiger partial charge in [-0.3, -0.25) is 4.98 Å². The van der Waals surface area contributed by atoms with Gasteiger partial charge in [0.05, 0.1) is 0 Å². The van der Waals surface area contributed by atoms with Gasteiger partial charge in [-0.15, -0.1) is 0 Å². The van der Waals surface area contributed by atoms with Crippen LogP contribution in [0.5, 0.6) is 0 Å². The maximum absolute atomic E-state index is 4.49. The van der Waals surface area contributed by atoms with E-state index in [2.05, 4.69) is 43.2 Å². The zero-order valence-electron chi connectivity index (χ0n) is 11.3. The minimum absolute atomic E-state index is 0.157. The number of pyridine rings is 1. The first-order valence-electron chi connectivity index (χ1n) is 6.72. The molecule has 94 valence electrons. The van der Waals surface area contributed by atoms with Crippen LogP contribution in [-0.2, 0) is 11.8 Å². The lowest BCUT2D eigenvalue weighted by Gasteiger charge is -2.23. The van der Waals surface area contributed by atoms with Crippen LogP contribution >= 0.6 is 0 Å². The molecule has 2 rings (SSSR count). The van der Waals surface area contributed by atoms with Gasteiger partial charge in [0.1, 0.15) is 0 Å². The molecule has 1 aliphatic heterocycles. The second kappa shape index (κ2) is 5.18. The van der Waals surface area contributed by atoms with Crippen molar-refractivity contribution in [3.8, 4) is 0 Å². The summed E-state index contributed by atoms with van der Waals surface area (Å²) in [7, 11) is 0. The highest BCUT2D eigenvalue weighted by Gasteiger charge is 2.17. The topological polar surface area (TPSA) is 24.9 Å². The van der Waals surface area contributed by atoms with E-state index in [1.54, 1.807) is 0 Å². The molecule has 1 aliphatic rings. The Morgan fingerprint density at radius 1 is 1.29 bits per heavy atom. The van der Waals surface area contributed by atoms with Gasteiger partial charge in [0, 0.05) is 17.3 Å². The van der Waals surface area contributed by atoms with Gasteiger partial charge in [0.15, 0.2) is 0 Å². The Morgan fingerprint density at radius 2 is 2.00 bits per heavy atom. The van der Waals surface area contributed by atoms with Crippen LogP contribution in [0, 0.1) is 5.92 Å². The van der Waals surface area contributed by atoms with Crippen LogP contribution in [-0.4, -0.2) is 18.1 Å². The molecule has 2 heteroatoms. The number of hydrogen-bond donors (Lipinski definition) is 1. The van der Waals surface area contributed by atoms with Gasteiger partial charge in [-0.05, 0) is 56.0 Å². The highest BCUT2D eigenvalue weighted by atomic mass is 14.9. The maximum atomic E-state index is 4.49. The van der Waals surface area contributed by atoms with Crippen LogP contribution < -0.4 is 5.32 Å². The molecule has 17 heavy (non-hydrogen) atoms. The van der Waals surface area contributed by atoms with E-state index >= 15 is 0 Å². The van der Waals surface area contributed by atoms with E-state index in [4.69, 9.17) is 0 Å². The molecule has 0 unspecified atom stereocenters. The summed E-state index contributed by atoms with van der Waals surface area (Å²) in [5.41, 5.74) is 2.82. The molecular formula is C15H24N2. The number of nitrogens with one attached hydrogen (secondary N) is 1. The summed E-state index contributed by atoms with van der Waals surface area (Å²) in [6.45, 7) is 9.04. The Morgan fingerprint density at radius 3 is 2.65 bits per heavy atom. The molecule has 0 aliphatic carbocycles. The van der Waals surface area contributed by atoms with Gasteiger partial charge >= 0.3 is 0 Å². The summed E-state index contributed by atoms with van der Waals surface area (Å²) in [5, 5.41) is 3.42. The Labute approximate surface area is 105 Å². The van der Waals surface area contributed by atoms with Gasteiger partial charge in [0.25, 0.3) is 0 Å². The van der Waals surface area contributed by atoms with E-state index in [1.807, 2.05) is 6.20 Å². The summed E-state index contributed by atoms with van der Waals surface area (Å²) in [5.74, 6) is 0.853. The third-order valence-electron chi connectivity index (χ3n) is 3.58. The Balaban J connectivity index is 2.05. The summed E-state index contributed by atoms with van der Waals surface area (Å²) in [6, 6.07) is 4.47. The predicted octanol–water partition coefficient (Wildman–Crippen LogP) is 2.92. The molecule has 2 heterocycles. The van der Waals surface area contributed by atoms with E-state index in [-0.39, 0.29) is 5.41 Å². The lowest BCUT2D eigenvalue weighted by Crippen LogP contribution is -2.28. The van der Waals surface area contributed by atoms with Crippen LogP contribution in [0.2, 0.25) is 0 Å². The molecule has 1 N–H and O–H groups in total. The maximum Gasteiger partial charge on any atom is 0.0459 e. The third kappa shape index (κ3) is 3.53. The van der Waals surface area contributed by atoms with Gasteiger partial charge in [-0.1, -0.05) is 20.8 Å². The highest BCUT2D eigenvalue weighted by molar-refractivity contribution is 5.21. The highest BCUT2D eigenvalue weighted by Crippen LogP contribution is 2.23. The molecule has 0 atom stereocenters. The van der Waals surface area contributed by atoms with Crippen LogP contribution in [0.15, 0.2) is 18.3 Å². The van der Waals surface area contributed by atoms with Crippen molar-refractivity contribution in [2.24, 2.45) is 5.92 Å². The molecule has 1 aromatic rings. The molecule has 0 bridgehead atoms. The fraction of sp³-hybridized carbons (Fsp3) is 0.667. The molecule has 1 aromatic heterocycles. The van der Waals surface area contributed by atoms with E-state index < -0.39 is 0 Å². The summed E-state index contributed by atoms with van der Waals surface area (Å²) >= 11 is 0. The van der Waals surface area contributed by atoms with Crippen molar-refractivity contribution in [1.29, 1.82) is 0 Å². The third-order valence-corrected chi connectivity index (χ3v) is 3.58. The Bertz CT molecular complexity index is 359. The SMILES string of the molecule is CC(C)(C)c1cc(CC2CCNCC2)ccn1. The number of hydrogen-bond acceptors (Lipinski definition) is 2. The lowest BCUT2D eigenvalue weighted by atomic mass is 9.87. The first-order valence-corrected chi connectivity index (χ1v) is 6.72. The summed E-state index contributed by atoms with van der Waals surface area (Å²) < 4.78 is 0. The van der Waals surface area contributed by atoms with E-state index in [1.165, 1.54) is 43.6 Å². The van der Waals surface area contributed by atoms with E-state index in [9.17, 15) is 0 Å². The van der Waals surface area contributed by atoms with Crippen molar-refractivity contribution in [3.05, 3.63) is 29.6 Å². The minimum atomic E-state index is 0.157. The fourth-order valence-corrected chi connectivity index (χ4v) is 2.43. The van der Waals surface area contributed by atoms with Crippen molar-refractivity contribution >= 4 is 0 Å². The summed E-state index contributed by atoms with van der Waals surface area (Å²) in [6.07, 6.45) is 5.81. The van der Waals surface area contributed by atoms with Crippen molar-refractivity contribution in [2.45, 2.75) is 45.4 Å². The second-order valence-electron chi connectivity index (χ2n) is 6.20. The number of aromatic nitrogens is 1. The van der Waals surface area contributed by atoms with Crippen LogP contribution in [0.3, 0.4) is 0 Å². The van der Waals surface area contributed by atoms with Gasteiger partial charge in [-0.2, -0.15) is 0 Å². The Kier molecular flexibility index (Phi) is 3.82. The number of nitrogens with zero attached hydrogens (tertiary/aromatic N) is 1. The zero-order chi connectivity index (χ0) is 12.3. The van der Waals surface area contributed by atoms with Crippen LogP contribution in [0.1, 0.15) is 44.9 Å². The monoisotopic (exact) mass is 232 g/mol. The van der Waals surface area contributed by atoms with Crippen LogP contribution in [0.25, 0.3) is 0 Å². The molecule has 0 spiro atoms. The van der Waals surface area contributed by atoms with Crippen molar-refractivity contribution in [2.75, 3.05) is 13.1 Å². The van der Waals surface area contributed by atoms with Gasteiger partial charge < -0.3 is 5.32 Å². The molecule has 0 amide bonds. The van der Waals surface area contributed by atoms with Crippen molar-refractivity contribution in [1.82, 2.24) is 10.3 Å². The first kappa shape index (κ1) is 12.6. The predicted molar refractivity (Wildman–Crippen MR) is 72.2 cm³/mol. The standard InChI is InChI=1S/C15H24N2/c1-15(2,3)14-11-13(6-9-17-14)10-12-4-7-16-8-5-12/h6,9,11-12,16H,4-5,7-8,10H2,1-3H3. The number of piperidine rings is 1. The first-order chi connectivity index (χ1) is 8.05. The number of rotatable bonds is 2. The normalized spacial score (nSPS) is 18.3. The van der Waals surface area contributed by atoms with Crippen LogP contribution in [0.4, 0.5) is 0 Å². The van der Waals surface area contributed by atoms with E-state index in [0.29, 0.717) is 0 Å². The average Bonchev–Trinajstić information content (AvgIpc) is 2.29. The Hall–Kier alpha value is -0.890. The van der Waals surface area contributed by atoms with Crippen molar-refractivity contribution < 1.29 is 0 Å². The molecule has 0 aromatic carbocycles. The molecular weight excluding hydrogens is 208 g/mol. The molecule has 0 radical (unpaired) electrons. The summed E-state index contributed by atoms with van der Waals surface area (Å²) in [4.78, 5) is 4.49. The lowest BCUT2D eigenvalue weighted by molar-refractivity contribution is 0.372. The molecule has 0 saturated carbocycles. The van der Waals surface area contributed by atoms with E-state index in [0.717, 1.165) is 5.92 Å². The fourth-order valence-electron chi connectivity index (χ4n) is 2.43. The molecule has 2 nitrogen and oxygen atoms in total. The van der Waals surface area contributed by atoms with Crippen molar-refractivity contribution in [3.63, 3.8) is 0 Å².